The van der Waals surface area contributed by atoms with E-state index in [-0.39, 0.29) is 5.91 Å². The molecule has 0 saturated heterocycles. The molecule has 2 aromatic carbocycles. The Labute approximate surface area is 163 Å². The maximum atomic E-state index is 12.2. The number of aryl methyl sites for hydroxylation is 1. The van der Waals surface area contributed by atoms with Gasteiger partial charge in [0.2, 0.25) is 0 Å². The van der Waals surface area contributed by atoms with Gasteiger partial charge < -0.3 is 5.73 Å². The summed E-state index contributed by atoms with van der Waals surface area (Å²) in [4.78, 5) is 21.5. The number of nitrogens with one attached hydrogen (secondary N) is 2. The first kappa shape index (κ1) is 18.2. The standard InChI is InChI=1S/C18H16BrN5OS/c1-11-2-8-14(9-3-11)26-18-15(20)16(21-10-22-18)23-24-17(25)12-4-6-13(19)7-5-12/h2-10H,20H2,1H3,(H,24,25)(H,21,22,23). The van der Waals surface area contributed by atoms with Crippen molar-refractivity contribution in [3.63, 3.8) is 0 Å². The molecule has 0 aliphatic heterocycles. The lowest BCUT2D eigenvalue weighted by Gasteiger charge is -2.12. The van der Waals surface area contributed by atoms with Crippen molar-refractivity contribution in [2.45, 2.75) is 16.8 Å². The Balaban J connectivity index is 1.69. The second-order valence-electron chi connectivity index (χ2n) is 5.44. The quantitative estimate of drug-likeness (QED) is 0.418. The zero-order valence-corrected chi connectivity index (χ0v) is 16.3. The third-order valence-electron chi connectivity index (χ3n) is 3.48. The molecule has 0 unspecified atom stereocenters. The molecule has 8 heteroatoms. The van der Waals surface area contributed by atoms with E-state index in [0.717, 1.165) is 9.37 Å². The van der Waals surface area contributed by atoms with Gasteiger partial charge in [-0.3, -0.25) is 15.6 Å². The van der Waals surface area contributed by atoms with Crippen LogP contribution in [0.15, 0.2) is 69.3 Å². The number of hydrazine groups is 1. The number of nitrogens with two attached hydrogens (primary N) is 1. The smallest absolute Gasteiger partial charge is 0.269 e. The van der Waals surface area contributed by atoms with Gasteiger partial charge >= 0.3 is 0 Å². The predicted octanol–water partition coefficient (Wildman–Crippen LogP) is 4.04. The van der Waals surface area contributed by atoms with E-state index in [1.807, 2.05) is 31.2 Å². The van der Waals surface area contributed by atoms with Gasteiger partial charge in [0.05, 0.1) is 0 Å². The van der Waals surface area contributed by atoms with Crippen LogP contribution in [0.4, 0.5) is 11.5 Å². The van der Waals surface area contributed by atoms with Crippen LogP contribution < -0.4 is 16.6 Å². The molecule has 4 N–H and O–H groups in total. The van der Waals surface area contributed by atoms with Gasteiger partial charge in [0.1, 0.15) is 17.0 Å². The molecule has 3 aromatic rings. The Morgan fingerprint density at radius 2 is 1.77 bits per heavy atom. The van der Waals surface area contributed by atoms with Gasteiger partial charge in [0, 0.05) is 14.9 Å². The monoisotopic (exact) mass is 429 g/mol. The number of carbonyl (C=O) groups excluding carboxylic acids is 1. The topological polar surface area (TPSA) is 92.9 Å². The fourth-order valence-corrected chi connectivity index (χ4v) is 3.13. The number of nitrogens with zero attached hydrogens (tertiary/aromatic N) is 2. The van der Waals surface area contributed by atoms with Crippen molar-refractivity contribution in [2.75, 3.05) is 11.2 Å². The number of rotatable bonds is 5. The molecule has 0 aliphatic carbocycles. The third kappa shape index (κ3) is 4.53. The summed E-state index contributed by atoms with van der Waals surface area (Å²) in [6.45, 7) is 2.03. The van der Waals surface area contributed by atoms with Crippen LogP contribution in [-0.4, -0.2) is 15.9 Å². The summed E-state index contributed by atoms with van der Waals surface area (Å²) in [6.07, 6.45) is 1.40. The van der Waals surface area contributed by atoms with Crippen LogP contribution in [-0.2, 0) is 0 Å². The first-order chi connectivity index (χ1) is 12.5. The van der Waals surface area contributed by atoms with E-state index in [1.165, 1.54) is 23.7 Å². The number of amides is 1. The van der Waals surface area contributed by atoms with Gasteiger partial charge in [0.25, 0.3) is 5.91 Å². The molecule has 1 heterocycles. The highest BCUT2D eigenvalue weighted by Crippen LogP contribution is 2.32. The lowest BCUT2D eigenvalue weighted by molar-refractivity contribution is 0.0962. The highest BCUT2D eigenvalue weighted by atomic mass is 79.9. The molecule has 0 fully saturated rings. The van der Waals surface area contributed by atoms with Gasteiger partial charge in [-0.2, -0.15) is 0 Å². The van der Waals surface area contributed by atoms with Gasteiger partial charge in [-0.15, -0.1) is 0 Å². The third-order valence-corrected chi connectivity index (χ3v) is 5.04. The minimum Gasteiger partial charge on any atom is -0.393 e. The molecule has 0 bridgehead atoms. The normalized spacial score (nSPS) is 10.4. The van der Waals surface area contributed by atoms with Crippen LogP contribution >= 0.6 is 27.7 Å². The Kier molecular flexibility index (Phi) is 5.75. The maximum absolute atomic E-state index is 12.2. The van der Waals surface area contributed by atoms with E-state index in [4.69, 9.17) is 5.73 Å². The van der Waals surface area contributed by atoms with Crippen molar-refractivity contribution in [3.8, 4) is 0 Å². The van der Waals surface area contributed by atoms with Crippen molar-refractivity contribution in [3.05, 3.63) is 70.5 Å². The number of nitrogen functional groups attached to an aromatic ring is 1. The van der Waals surface area contributed by atoms with E-state index in [9.17, 15) is 4.79 Å². The first-order valence-corrected chi connectivity index (χ1v) is 9.31. The minimum atomic E-state index is -0.289. The Bertz CT molecular complexity index is 916. The van der Waals surface area contributed by atoms with Gasteiger partial charge in [-0.05, 0) is 43.3 Å². The SMILES string of the molecule is Cc1ccc(Sc2ncnc(NNC(=O)c3ccc(Br)cc3)c2N)cc1. The Hall–Kier alpha value is -2.58. The summed E-state index contributed by atoms with van der Waals surface area (Å²) in [6, 6.07) is 15.1. The Morgan fingerprint density at radius 1 is 1.08 bits per heavy atom. The second kappa shape index (κ2) is 8.20. The molecule has 132 valence electrons. The van der Waals surface area contributed by atoms with Crippen LogP contribution in [0.5, 0.6) is 0 Å². The van der Waals surface area contributed by atoms with Gasteiger partial charge in [-0.25, -0.2) is 9.97 Å². The summed E-state index contributed by atoms with van der Waals surface area (Å²) >= 11 is 4.77. The van der Waals surface area contributed by atoms with E-state index in [1.54, 1.807) is 24.3 Å². The highest BCUT2D eigenvalue weighted by molar-refractivity contribution is 9.10. The van der Waals surface area contributed by atoms with Gasteiger partial charge in [-0.1, -0.05) is 45.4 Å². The molecule has 3 rings (SSSR count). The molecule has 0 radical (unpaired) electrons. The van der Waals surface area contributed by atoms with E-state index < -0.39 is 0 Å². The fraction of sp³-hybridized carbons (Fsp3) is 0.0556. The maximum Gasteiger partial charge on any atom is 0.269 e. The molecular formula is C18H16BrN5OS. The van der Waals surface area contributed by atoms with Crippen molar-refractivity contribution in [1.29, 1.82) is 0 Å². The van der Waals surface area contributed by atoms with Crippen molar-refractivity contribution in [1.82, 2.24) is 15.4 Å². The number of hydrogen-bond acceptors (Lipinski definition) is 6. The zero-order chi connectivity index (χ0) is 18.5. The van der Waals surface area contributed by atoms with Crippen molar-refractivity contribution >= 4 is 45.1 Å². The van der Waals surface area contributed by atoms with Crippen LogP contribution in [0, 0.1) is 6.92 Å². The Morgan fingerprint density at radius 3 is 2.46 bits per heavy atom. The van der Waals surface area contributed by atoms with Crippen LogP contribution in [0.2, 0.25) is 0 Å². The lowest BCUT2D eigenvalue weighted by atomic mass is 10.2. The summed E-state index contributed by atoms with van der Waals surface area (Å²) in [5.41, 5.74) is 13.6. The number of halogens is 1. The van der Waals surface area contributed by atoms with Crippen LogP contribution in [0.3, 0.4) is 0 Å². The summed E-state index contributed by atoms with van der Waals surface area (Å²) in [7, 11) is 0. The molecule has 0 atom stereocenters. The molecule has 1 amide bonds. The fourth-order valence-electron chi connectivity index (χ4n) is 2.07. The van der Waals surface area contributed by atoms with Gasteiger partial charge in [0.15, 0.2) is 5.82 Å². The summed E-state index contributed by atoms with van der Waals surface area (Å²) < 4.78 is 0.903. The average Bonchev–Trinajstić information content (AvgIpc) is 2.64. The number of benzene rings is 2. The zero-order valence-electron chi connectivity index (χ0n) is 13.9. The molecule has 0 aliphatic rings. The average molecular weight is 430 g/mol. The molecular weight excluding hydrogens is 414 g/mol. The van der Waals surface area contributed by atoms with E-state index >= 15 is 0 Å². The van der Waals surface area contributed by atoms with E-state index in [0.29, 0.717) is 22.1 Å². The highest BCUT2D eigenvalue weighted by Gasteiger charge is 2.11. The van der Waals surface area contributed by atoms with Crippen molar-refractivity contribution in [2.24, 2.45) is 0 Å². The first-order valence-electron chi connectivity index (χ1n) is 7.70. The number of anilines is 2. The second-order valence-corrected chi connectivity index (χ2v) is 7.42. The number of carbonyl (C=O) groups is 1. The largest absolute Gasteiger partial charge is 0.393 e. The summed E-state index contributed by atoms with van der Waals surface area (Å²) in [5.74, 6) is 0.0586. The van der Waals surface area contributed by atoms with Crippen LogP contribution in [0.1, 0.15) is 15.9 Å². The number of hydrogen-bond donors (Lipinski definition) is 3. The van der Waals surface area contributed by atoms with Crippen molar-refractivity contribution < 1.29 is 4.79 Å². The predicted molar refractivity (Wildman–Crippen MR) is 107 cm³/mol. The number of aromatic nitrogens is 2. The summed E-state index contributed by atoms with van der Waals surface area (Å²) in [5, 5.41) is 0.615. The molecule has 6 nitrogen and oxygen atoms in total. The molecule has 1 aromatic heterocycles. The molecule has 26 heavy (non-hydrogen) atoms. The lowest BCUT2D eigenvalue weighted by Crippen LogP contribution is -2.30. The minimum absolute atomic E-state index is 0.289. The van der Waals surface area contributed by atoms with E-state index in [2.05, 4.69) is 36.7 Å². The van der Waals surface area contributed by atoms with Crippen LogP contribution in [0.25, 0.3) is 0 Å². The molecule has 0 spiro atoms. The molecule has 0 saturated carbocycles.